The molecule has 0 saturated carbocycles. The summed E-state index contributed by atoms with van der Waals surface area (Å²) in [5.41, 5.74) is -1.16. The number of aliphatic hydroxyl groups excluding tert-OH is 1. The van der Waals surface area contributed by atoms with Crippen molar-refractivity contribution in [2.24, 2.45) is 0 Å². The summed E-state index contributed by atoms with van der Waals surface area (Å²) in [5, 5.41) is 12.1. The van der Waals surface area contributed by atoms with Gasteiger partial charge in [-0.15, -0.1) is 0 Å². The molecule has 1 rings (SSSR count). The first-order chi connectivity index (χ1) is 8.98. The van der Waals surface area contributed by atoms with E-state index in [1.807, 2.05) is 0 Å². The number of aliphatic hydroxyl groups is 1. The van der Waals surface area contributed by atoms with Crippen molar-refractivity contribution in [2.75, 3.05) is 17.3 Å². The fourth-order valence-corrected chi connectivity index (χ4v) is 1.84. The average Bonchev–Trinajstić information content (AvgIpc) is 2.54. The number of ether oxygens (including phenoxy) is 1. The normalized spacial score (nSPS) is 14.2. The monoisotopic (exact) mass is 308 g/mol. The zero-order chi connectivity index (χ0) is 15.6. The molecule has 20 heavy (non-hydrogen) atoms. The van der Waals surface area contributed by atoms with Crippen LogP contribution in [0.4, 0.5) is 5.69 Å². The molecule has 9 heteroatoms. The van der Waals surface area contributed by atoms with E-state index >= 15 is 0 Å². The van der Waals surface area contributed by atoms with E-state index in [0.29, 0.717) is 0 Å². The zero-order valence-electron chi connectivity index (χ0n) is 11.9. The Labute approximate surface area is 117 Å². The van der Waals surface area contributed by atoms with Gasteiger partial charge in [0.25, 0.3) is 0 Å². The van der Waals surface area contributed by atoms with E-state index in [2.05, 4.69) is 5.32 Å². The predicted octanol–water partition coefficient (Wildman–Crippen LogP) is -0.0112. The van der Waals surface area contributed by atoms with Crippen LogP contribution in [0.2, 0.25) is 0 Å². The molecule has 1 atom stereocenters. The van der Waals surface area contributed by atoms with Crippen LogP contribution in [0, 0.1) is 0 Å². The molecule has 1 heterocycles. The van der Waals surface area contributed by atoms with E-state index in [9.17, 15) is 18.3 Å². The first-order valence-corrected chi connectivity index (χ1v) is 8.03. The molecule has 0 saturated heterocycles. The van der Waals surface area contributed by atoms with E-state index in [1.54, 1.807) is 20.8 Å². The molecule has 0 aliphatic heterocycles. The highest BCUT2D eigenvalue weighted by Gasteiger charge is 2.19. The van der Waals surface area contributed by atoms with Crippen molar-refractivity contribution >= 4 is 15.5 Å². The van der Waals surface area contributed by atoms with Crippen LogP contribution < -0.4 is 10.9 Å². The third kappa shape index (κ3) is 5.76. The Bertz CT molecular complexity index is 595. The van der Waals surface area contributed by atoms with Crippen molar-refractivity contribution in [1.29, 1.82) is 0 Å². The standard InChI is InChI=1S/C11H20N2O6S/c1-11(2,3)19-10(15)12-8-7-18-13(9(8)14)5-6-20(4,16)17/h7,10,12,15H,5-6H2,1-4H3. The number of sulfone groups is 1. The average molecular weight is 308 g/mol. The van der Waals surface area contributed by atoms with Gasteiger partial charge in [0.15, 0.2) is 0 Å². The Hall–Kier alpha value is -1.32. The molecule has 0 bridgehead atoms. The number of aromatic nitrogens is 1. The molecule has 1 aromatic heterocycles. The van der Waals surface area contributed by atoms with Gasteiger partial charge in [0.1, 0.15) is 21.8 Å². The highest BCUT2D eigenvalue weighted by molar-refractivity contribution is 7.90. The molecular weight excluding hydrogens is 288 g/mol. The molecule has 8 nitrogen and oxygen atoms in total. The van der Waals surface area contributed by atoms with Crippen LogP contribution in [-0.4, -0.2) is 42.3 Å². The number of rotatable bonds is 6. The molecule has 2 N–H and O–H groups in total. The van der Waals surface area contributed by atoms with Crippen LogP contribution >= 0.6 is 0 Å². The van der Waals surface area contributed by atoms with E-state index in [1.165, 1.54) is 0 Å². The molecule has 0 radical (unpaired) electrons. The number of nitrogens with one attached hydrogen (secondary N) is 1. The van der Waals surface area contributed by atoms with Gasteiger partial charge in [0.2, 0.25) is 6.41 Å². The number of hydrogen-bond acceptors (Lipinski definition) is 7. The summed E-state index contributed by atoms with van der Waals surface area (Å²) >= 11 is 0. The number of anilines is 1. The lowest BCUT2D eigenvalue weighted by Gasteiger charge is -2.23. The fraction of sp³-hybridized carbons (Fsp3) is 0.727. The van der Waals surface area contributed by atoms with Gasteiger partial charge in [0, 0.05) is 6.26 Å². The van der Waals surface area contributed by atoms with Crippen molar-refractivity contribution in [2.45, 2.75) is 39.3 Å². The third-order valence-electron chi connectivity index (χ3n) is 2.16. The minimum absolute atomic E-state index is 0.00440. The SMILES string of the molecule is CC(C)(C)OC(O)Nc1con(CCS(C)(=O)=O)c1=O. The second-order valence-corrected chi connectivity index (χ2v) is 7.66. The van der Waals surface area contributed by atoms with Crippen molar-refractivity contribution in [3.8, 4) is 0 Å². The molecule has 116 valence electrons. The van der Waals surface area contributed by atoms with Gasteiger partial charge in [-0.05, 0) is 20.8 Å². The predicted molar refractivity (Wildman–Crippen MR) is 73.1 cm³/mol. The van der Waals surface area contributed by atoms with Crippen LogP contribution in [0.5, 0.6) is 0 Å². The topological polar surface area (TPSA) is 111 Å². The molecule has 0 amide bonds. The second kappa shape index (κ2) is 5.98. The summed E-state index contributed by atoms with van der Waals surface area (Å²) in [4.78, 5) is 11.8. The van der Waals surface area contributed by atoms with Crippen LogP contribution in [0.3, 0.4) is 0 Å². The molecule has 1 aromatic rings. The fourth-order valence-electron chi connectivity index (χ4n) is 1.35. The van der Waals surface area contributed by atoms with Crippen molar-refractivity contribution in [1.82, 2.24) is 4.74 Å². The van der Waals surface area contributed by atoms with Crippen molar-refractivity contribution < 1.29 is 22.8 Å². The molecule has 0 fully saturated rings. The minimum atomic E-state index is -3.19. The van der Waals surface area contributed by atoms with Crippen molar-refractivity contribution in [3.63, 3.8) is 0 Å². The lowest BCUT2D eigenvalue weighted by molar-refractivity contribution is -0.148. The maximum absolute atomic E-state index is 11.8. The summed E-state index contributed by atoms with van der Waals surface area (Å²) in [6.07, 6.45) is 0.796. The summed E-state index contributed by atoms with van der Waals surface area (Å²) in [6.45, 7) is 5.16. The van der Waals surface area contributed by atoms with Gasteiger partial charge in [0.05, 0.1) is 17.9 Å². The Morgan fingerprint density at radius 1 is 1.50 bits per heavy atom. The van der Waals surface area contributed by atoms with Gasteiger partial charge in [-0.25, -0.2) is 8.42 Å². The Balaban J connectivity index is 2.70. The molecule has 0 aliphatic rings. The van der Waals surface area contributed by atoms with Crippen LogP contribution in [0.1, 0.15) is 20.8 Å². The van der Waals surface area contributed by atoms with Crippen LogP contribution in [0.25, 0.3) is 0 Å². The zero-order valence-corrected chi connectivity index (χ0v) is 12.7. The Morgan fingerprint density at radius 3 is 2.60 bits per heavy atom. The van der Waals surface area contributed by atoms with Gasteiger partial charge in [-0.3, -0.25) is 4.79 Å². The Kier molecular flexibility index (Phi) is 5.00. The van der Waals surface area contributed by atoms with E-state index in [-0.39, 0.29) is 18.0 Å². The van der Waals surface area contributed by atoms with Gasteiger partial charge in [-0.2, -0.15) is 4.74 Å². The summed E-state index contributed by atoms with van der Waals surface area (Å²) in [7, 11) is -3.19. The van der Waals surface area contributed by atoms with Crippen LogP contribution in [0.15, 0.2) is 15.6 Å². The summed E-state index contributed by atoms with van der Waals surface area (Å²) < 4.78 is 33.1. The molecule has 0 aliphatic carbocycles. The van der Waals surface area contributed by atoms with Crippen molar-refractivity contribution in [3.05, 3.63) is 16.6 Å². The summed E-state index contributed by atoms with van der Waals surface area (Å²) in [6, 6.07) is 0. The largest absolute Gasteiger partial charge is 0.382 e. The maximum Gasteiger partial charge on any atom is 0.305 e. The van der Waals surface area contributed by atoms with E-state index < -0.39 is 27.4 Å². The highest BCUT2D eigenvalue weighted by Crippen LogP contribution is 2.11. The minimum Gasteiger partial charge on any atom is -0.382 e. The number of nitrogens with zero attached hydrogens (tertiary/aromatic N) is 1. The number of hydrogen-bond donors (Lipinski definition) is 2. The lowest BCUT2D eigenvalue weighted by Crippen LogP contribution is -2.34. The van der Waals surface area contributed by atoms with Crippen LogP contribution in [-0.2, 0) is 21.1 Å². The quantitative estimate of drug-likeness (QED) is 0.711. The summed E-state index contributed by atoms with van der Waals surface area (Å²) in [5.74, 6) is -0.207. The van der Waals surface area contributed by atoms with Gasteiger partial charge in [-0.1, -0.05) is 0 Å². The van der Waals surface area contributed by atoms with E-state index in [4.69, 9.17) is 9.26 Å². The highest BCUT2D eigenvalue weighted by atomic mass is 32.2. The Morgan fingerprint density at radius 2 is 2.10 bits per heavy atom. The number of aryl methyl sites for hydroxylation is 1. The lowest BCUT2D eigenvalue weighted by atomic mass is 10.2. The molecule has 1 unspecified atom stereocenters. The molecule has 0 spiro atoms. The first kappa shape index (κ1) is 16.7. The second-order valence-electron chi connectivity index (χ2n) is 5.40. The molecule has 0 aromatic carbocycles. The molecular formula is C11H20N2O6S. The van der Waals surface area contributed by atoms with E-state index in [0.717, 1.165) is 17.3 Å². The first-order valence-electron chi connectivity index (χ1n) is 5.97. The van der Waals surface area contributed by atoms with Gasteiger partial charge < -0.3 is 19.7 Å². The maximum atomic E-state index is 11.8. The smallest absolute Gasteiger partial charge is 0.305 e. The van der Waals surface area contributed by atoms with Gasteiger partial charge >= 0.3 is 5.56 Å². The third-order valence-corrected chi connectivity index (χ3v) is 3.09.